The number of fused-ring (bicyclic) bond motifs is 1. The van der Waals surface area contributed by atoms with Gasteiger partial charge in [-0.15, -0.1) is 0 Å². The number of H-pyrrole nitrogens is 1. The van der Waals surface area contributed by atoms with Gasteiger partial charge in [-0.25, -0.2) is 0 Å². The van der Waals surface area contributed by atoms with Crippen molar-refractivity contribution < 1.29 is 9.59 Å². The molecule has 0 aromatic carbocycles. The molecule has 136 valence electrons. The van der Waals surface area contributed by atoms with Crippen LogP contribution in [0.15, 0.2) is 0 Å². The molecule has 2 amide bonds. The van der Waals surface area contributed by atoms with E-state index in [0.717, 1.165) is 62.5 Å². The number of hydrogen-bond donors (Lipinski definition) is 1. The van der Waals surface area contributed by atoms with Crippen molar-refractivity contribution in [3.05, 3.63) is 17.0 Å². The maximum atomic E-state index is 12.7. The van der Waals surface area contributed by atoms with Crippen molar-refractivity contribution in [1.29, 1.82) is 0 Å². The van der Waals surface area contributed by atoms with Crippen molar-refractivity contribution >= 4 is 11.8 Å². The van der Waals surface area contributed by atoms with Crippen LogP contribution in [0.1, 0.15) is 73.1 Å². The van der Waals surface area contributed by atoms with Crippen molar-refractivity contribution in [2.45, 2.75) is 64.3 Å². The standard InChI is InChI=1S/C19H28N4O2/c24-17(8-7-14-5-1-2-6-14)23-12-9-16-15(13-23)18(21-20-16)19(25)22-10-3-4-11-22/h14H,1-13H2,(H,20,21). The first-order chi connectivity index (χ1) is 12.2. The first-order valence-corrected chi connectivity index (χ1v) is 9.85. The summed E-state index contributed by atoms with van der Waals surface area (Å²) in [5.74, 6) is 0.999. The summed E-state index contributed by atoms with van der Waals surface area (Å²) in [5, 5.41) is 7.32. The van der Waals surface area contributed by atoms with Crippen molar-refractivity contribution in [1.82, 2.24) is 20.0 Å². The van der Waals surface area contributed by atoms with Crippen LogP contribution in [0.4, 0.5) is 0 Å². The Hall–Kier alpha value is -1.85. The lowest BCUT2D eigenvalue weighted by molar-refractivity contribution is -0.132. The molecule has 0 radical (unpaired) electrons. The lowest BCUT2D eigenvalue weighted by Gasteiger charge is -2.28. The molecular formula is C19H28N4O2. The highest BCUT2D eigenvalue weighted by molar-refractivity contribution is 5.94. The van der Waals surface area contributed by atoms with Crippen LogP contribution in [0.2, 0.25) is 0 Å². The Morgan fingerprint density at radius 2 is 1.80 bits per heavy atom. The fraction of sp³-hybridized carbons (Fsp3) is 0.737. The van der Waals surface area contributed by atoms with E-state index in [0.29, 0.717) is 18.7 Å². The number of aromatic nitrogens is 2. The fourth-order valence-electron chi connectivity index (χ4n) is 4.54. The van der Waals surface area contributed by atoms with Gasteiger partial charge in [-0.1, -0.05) is 25.7 Å². The van der Waals surface area contributed by atoms with Crippen molar-refractivity contribution in [2.24, 2.45) is 5.92 Å². The lowest BCUT2D eigenvalue weighted by atomic mass is 10.00. The quantitative estimate of drug-likeness (QED) is 0.912. The Labute approximate surface area is 148 Å². The van der Waals surface area contributed by atoms with E-state index in [1.807, 2.05) is 9.80 Å². The number of nitrogens with zero attached hydrogens (tertiary/aromatic N) is 3. The molecule has 1 aliphatic carbocycles. The Balaban J connectivity index is 1.40. The third-order valence-corrected chi connectivity index (χ3v) is 6.12. The highest BCUT2D eigenvalue weighted by Gasteiger charge is 2.30. The minimum atomic E-state index is 0.0234. The molecule has 6 nitrogen and oxygen atoms in total. The molecule has 0 spiro atoms. The smallest absolute Gasteiger partial charge is 0.274 e. The Bertz CT molecular complexity index is 642. The zero-order valence-corrected chi connectivity index (χ0v) is 14.9. The van der Waals surface area contributed by atoms with Crippen LogP contribution in [0.5, 0.6) is 0 Å². The average molecular weight is 344 g/mol. The van der Waals surface area contributed by atoms with E-state index in [2.05, 4.69) is 10.2 Å². The van der Waals surface area contributed by atoms with Gasteiger partial charge in [0.15, 0.2) is 5.69 Å². The summed E-state index contributed by atoms with van der Waals surface area (Å²) >= 11 is 0. The van der Waals surface area contributed by atoms with Gasteiger partial charge in [0.05, 0.1) is 0 Å². The van der Waals surface area contributed by atoms with Gasteiger partial charge in [-0.3, -0.25) is 14.7 Å². The second-order valence-corrected chi connectivity index (χ2v) is 7.78. The predicted octanol–water partition coefficient (Wildman–Crippen LogP) is 2.50. The maximum Gasteiger partial charge on any atom is 0.274 e. The molecular weight excluding hydrogens is 316 g/mol. The molecule has 0 bridgehead atoms. The van der Waals surface area contributed by atoms with E-state index in [9.17, 15) is 9.59 Å². The number of amides is 2. The molecule has 3 heterocycles. The summed E-state index contributed by atoms with van der Waals surface area (Å²) in [7, 11) is 0. The molecule has 2 fully saturated rings. The second-order valence-electron chi connectivity index (χ2n) is 7.78. The molecule has 1 saturated carbocycles. The van der Waals surface area contributed by atoms with Crippen LogP contribution in [0, 0.1) is 5.92 Å². The van der Waals surface area contributed by atoms with Crippen LogP contribution in [0.25, 0.3) is 0 Å². The van der Waals surface area contributed by atoms with Gasteiger partial charge in [0.25, 0.3) is 5.91 Å². The van der Waals surface area contributed by atoms with Crippen LogP contribution >= 0.6 is 0 Å². The first kappa shape index (κ1) is 16.6. The maximum absolute atomic E-state index is 12.7. The largest absolute Gasteiger partial charge is 0.338 e. The number of nitrogens with one attached hydrogen (secondary N) is 1. The topological polar surface area (TPSA) is 69.3 Å². The molecule has 4 rings (SSSR count). The minimum Gasteiger partial charge on any atom is -0.338 e. The van der Waals surface area contributed by atoms with Crippen molar-refractivity contribution in [3.8, 4) is 0 Å². The highest BCUT2D eigenvalue weighted by Crippen LogP contribution is 2.29. The van der Waals surface area contributed by atoms with Gasteiger partial charge in [-0.05, 0) is 25.2 Å². The Morgan fingerprint density at radius 1 is 1.04 bits per heavy atom. The lowest BCUT2D eigenvalue weighted by Crippen LogP contribution is -2.37. The van der Waals surface area contributed by atoms with Crippen LogP contribution in [-0.2, 0) is 17.8 Å². The fourth-order valence-corrected chi connectivity index (χ4v) is 4.54. The normalized spacial score (nSPS) is 21.0. The molecule has 1 aromatic heterocycles. The van der Waals surface area contributed by atoms with Gasteiger partial charge < -0.3 is 9.80 Å². The third-order valence-electron chi connectivity index (χ3n) is 6.12. The second kappa shape index (κ2) is 7.18. The summed E-state index contributed by atoms with van der Waals surface area (Å²) < 4.78 is 0. The van der Waals surface area contributed by atoms with Gasteiger partial charge in [0.1, 0.15) is 0 Å². The SMILES string of the molecule is O=C(CCC1CCCC1)N1CCc2[nH]nc(C(=O)N3CCCC3)c2C1. The van der Waals surface area contributed by atoms with E-state index in [1.54, 1.807) is 0 Å². The summed E-state index contributed by atoms with van der Waals surface area (Å²) in [6, 6.07) is 0. The third kappa shape index (κ3) is 3.44. The molecule has 6 heteroatoms. The molecule has 0 unspecified atom stereocenters. The summed E-state index contributed by atoms with van der Waals surface area (Å²) in [5.41, 5.74) is 2.50. The monoisotopic (exact) mass is 344 g/mol. The van der Waals surface area contributed by atoms with Gasteiger partial charge in [-0.2, -0.15) is 5.10 Å². The molecule has 25 heavy (non-hydrogen) atoms. The summed E-state index contributed by atoms with van der Waals surface area (Å²) in [6.45, 7) is 2.91. The number of carbonyl (C=O) groups excluding carboxylic acids is 2. The molecule has 1 N–H and O–H groups in total. The zero-order valence-electron chi connectivity index (χ0n) is 14.9. The van der Waals surface area contributed by atoms with Crippen LogP contribution in [-0.4, -0.2) is 51.4 Å². The summed E-state index contributed by atoms with van der Waals surface area (Å²) in [4.78, 5) is 29.1. The molecule has 1 aromatic rings. The average Bonchev–Trinajstić information content (AvgIpc) is 3.40. The van der Waals surface area contributed by atoms with E-state index in [4.69, 9.17) is 0 Å². The van der Waals surface area contributed by atoms with Gasteiger partial charge in [0.2, 0.25) is 5.91 Å². The van der Waals surface area contributed by atoms with Crippen molar-refractivity contribution in [3.63, 3.8) is 0 Å². The Morgan fingerprint density at radius 3 is 2.56 bits per heavy atom. The molecule has 2 aliphatic heterocycles. The molecule has 0 atom stereocenters. The zero-order chi connectivity index (χ0) is 17.2. The van der Waals surface area contributed by atoms with E-state index in [1.165, 1.54) is 25.7 Å². The number of likely N-dealkylation sites (tertiary alicyclic amines) is 1. The van der Waals surface area contributed by atoms with Crippen LogP contribution < -0.4 is 0 Å². The van der Waals surface area contributed by atoms with Gasteiger partial charge in [0, 0.05) is 50.3 Å². The predicted molar refractivity (Wildman–Crippen MR) is 94.0 cm³/mol. The first-order valence-electron chi connectivity index (χ1n) is 9.85. The number of rotatable bonds is 4. The number of carbonyl (C=O) groups is 2. The number of hydrogen-bond acceptors (Lipinski definition) is 3. The van der Waals surface area contributed by atoms with E-state index < -0.39 is 0 Å². The van der Waals surface area contributed by atoms with Crippen LogP contribution in [0.3, 0.4) is 0 Å². The molecule has 1 saturated heterocycles. The summed E-state index contributed by atoms with van der Waals surface area (Å²) in [6.07, 6.45) is 9.80. The number of aromatic amines is 1. The van der Waals surface area contributed by atoms with Crippen molar-refractivity contribution in [2.75, 3.05) is 19.6 Å². The Kier molecular flexibility index (Phi) is 4.77. The van der Waals surface area contributed by atoms with Gasteiger partial charge >= 0.3 is 0 Å². The van der Waals surface area contributed by atoms with E-state index >= 15 is 0 Å². The minimum absolute atomic E-state index is 0.0234. The molecule has 3 aliphatic rings. The highest BCUT2D eigenvalue weighted by atomic mass is 16.2. The van der Waals surface area contributed by atoms with E-state index in [-0.39, 0.29) is 11.8 Å².